The molecular weight excluding hydrogens is 368 g/mol. The van der Waals surface area contributed by atoms with Crippen molar-refractivity contribution in [3.8, 4) is 5.75 Å². The highest BCUT2D eigenvalue weighted by molar-refractivity contribution is 5.94. The van der Waals surface area contributed by atoms with E-state index in [-0.39, 0.29) is 23.5 Å². The van der Waals surface area contributed by atoms with Gasteiger partial charge in [0, 0.05) is 5.56 Å². The topological polar surface area (TPSA) is 91.6 Å². The number of aryl methyl sites for hydroxylation is 2. The fraction of sp³-hybridized carbons (Fsp3) is 0.130. The first-order valence-corrected chi connectivity index (χ1v) is 9.22. The van der Waals surface area contributed by atoms with Gasteiger partial charge in [-0.2, -0.15) is 0 Å². The minimum Gasteiger partial charge on any atom is -0.508 e. The predicted molar refractivity (Wildman–Crippen MR) is 113 cm³/mol. The van der Waals surface area contributed by atoms with Crippen LogP contribution in [-0.4, -0.2) is 11.0 Å². The molecule has 0 aliphatic heterocycles. The maximum atomic E-state index is 12.9. The Morgan fingerprint density at radius 3 is 2.45 bits per heavy atom. The van der Waals surface area contributed by atoms with E-state index in [0.29, 0.717) is 33.2 Å². The standard InChI is InChI=1S/C23H20N2O4/c1-13-6-11-19-21(28)18-5-3-4-15(23(18)29-22(19)14(13)2)12-20(27)25-24-16-7-9-17(26)10-8-16/h3-11,24,26H,12H2,1-2H3,(H,25,27). The SMILES string of the molecule is Cc1ccc2c(=O)c3cccc(CC(=O)NNc4ccc(O)cc4)c3oc2c1C. The second-order valence-corrected chi connectivity index (χ2v) is 7.01. The molecule has 0 aliphatic rings. The fourth-order valence-electron chi connectivity index (χ4n) is 3.27. The third-order valence-electron chi connectivity index (χ3n) is 5.03. The molecule has 0 unspecified atom stereocenters. The summed E-state index contributed by atoms with van der Waals surface area (Å²) in [6, 6.07) is 15.3. The number of rotatable bonds is 4. The van der Waals surface area contributed by atoms with Gasteiger partial charge < -0.3 is 9.52 Å². The van der Waals surface area contributed by atoms with Gasteiger partial charge in [-0.25, -0.2) is 0 Å². The van der Waals surface area contributed by atoms with Crippen molar-refractivity contribution < 1.29 is 14.3 Å². The Labute approximate surface area is 166 Å². The second kappa shape index (κ2) is 7.31. The second-order valence-electron chi connectivity index (χ2n) is 7.01. The van der Waals surface area contributed by atoms with Gasteiger partial charge in [0.05, 0.1) is 22.9 Å². The number of aromatic hydroxyl groups is 1. The van der Waals surface area contributed by atoms with Crippen molar-refractivity contribution in [1.82, 2.24) is 5.43 Å². The van der Waals surface area contributed by atoms with Gasteiger partial charge in [-0.05, 0) is 61.4 Å². The van der Waals surface area contributed by atoms with Gasteiger partial charge in [0.25, 0.3) is 0 Å². The first-order chi connectivity index (χ1) is 13.9. The molecule has 6 nitrogen and oxygen atoms in total. The molecule has 6 heteroatoms. The van der Waals surface area contributed by atoms with Crippen molar-refractivity contribution in [3.63, 3.8) is 0 Å². The molecule has 0 spiro atoms. The summed E-state index contributed by atoms with van der Waals surface area (Å²) in [5.74, 6) is -0.139. The minimum atomic E-state index is -0.283. The normalized spacial score (nSPS) is 11.0. The van der Waals surface area contributed by atoms with Crippen LogP contribution in [0.2, 0.25) is 0 Å². The summed E-state index contributed by atoms with van der Waals surface area (Å²) in [5, 5.41) is 10.3. The van der Waals surface area contributed by atoms with Crippen LogP contribution in [-0.2, 0) is 11.2 Å². The quantitative estimate of drug-likeness (QED) is 0.280. The van der Waals surface area contributed by atoms with Crippen molar-refractivity contribution in [1.29, 1.82) is 0 Å². The number of carbonyl (C=O) groups excluding carboxylic acids is 1. The summed E-state index contributed by atoms with van der Waals surface area (Å²) in [4.78, 5) is 25.4. The lowest BCUT2D eigenvalue weighted by atomic mass is 10.0. The number of hydrogen-bond donors (Lipinski definition) is 3. The minimum absolute atomic E-state index is 0.0434. The summed E-state index contributed by atoms with van der Waals surface area (Å²) in [6.45, 7) is 3.89. The first kappa shape index (κ1) is 18.6. The number of phenolic OH excluding ortho intramolecular Hbond substituents is 1. The highest BCUT2D eigenvalue weighted by Crippen LogP contribution is 2.26. The van der Waals surface area contributed by atoms with E-state index in [1.165, 1.54) is 12.1 Å². The summed E-state index contributed by atoms with van der Waals surface area (Å²) in [5.41, 5.74) is 9.50. The van der Waals surface area contributed by atoms with E-state index in [9.17, 15) is 14.7 Å². The third-order valence-corrected chi connectivity index (χ3v) is 5.03. The zero-order chi connectivity index (χ0) is 20.5. The molecule has 4 rings (SSSR count). The highest BCUT2D eigenvalue weighted by Gasteiger charge is 2.15. The fourth-order valence-corrected chi connectivity index (χ4v) is 3.27. The Kier molecular flexibility index (Phi) is 4.68. The number of benzene rings is 3. The molecular formula is C23H20N2O4. The van der Waals surface area contributed by atoms with Crippen molar-refractivity contribution in [3.05, 3.63) is 81.5 Å². The summed E-state index contributed by atoms with van der Waals surface area (Å²) in [6.07, 6.45) is 0.0434. The van der Waals surface area contributed by atoms with E-state index in [0.717, 1.165) is 11.1 Å². The van der Waals surface area contributed by atoms with Gasteiger partial charge in [-0.1, -0.05) is 18.2 Å². The number of nitrogens with one attached hydrogen (secondary N) is 2. The van der Waals surface area contributed by atoms with Crippen LogP contribution in [0.1, 0.15) is 16.7 Å². The molecule has 1 amide bonds. The van der Waals surface area contributed by atoms with Crippen LogP contribution in [0.3, 0.4) is 0 Å². The number of hydrazine groups is 1. The molecule has 4 aromatic rings. The van der Waals surface area contributed by atoms with Crippen molar-refractivity contribution >= 4 is 33.5 Å². The molecule has 0 saturated heterocycles. The number of hydrogen-bond acceptors (Lipinski definition) is 5. The average molecular weight is 388 g/mol. The smallest absolute Gasteiger partial charge is 0.242 e. The maximum absolute atomic E-state index is 12.9. The molecule has 146 valence electrons. The van der Waals surface area contributed by atoms with E-state index >= 15 is 0 Å². The summed E-state index contributed by atoms with van der Waals surface area (Å²) in [7, 11) is 0. The van der Waals surface area contributed by atoms with Gasteiger partial charge >= 0.3 is 0 Å². The maximum Gasteiger partial charge on any atom is 0.242 e. The number of amides is 1. The number of phenols is 1. The highest BCUT2D eigenvalue weighted by atomic mass is 16.3. The van der Waals surface area contributed by atoms with Crippen LogP contribution in [0.4, 0.5) is 5.69 Å². The molecule has 0 saturated carbocycles. The lowest BCUT2D eigenvalue weighted by molar-refractivity contribution is -0.119. The molecule has 1 aromatic heterocycles. The summed E-state index contributed by atoms with van der Waals surface area (Å²) >= 11 is 0. The van der Waals surface area contributed by atoms with Crippen LogP contribution in [0.15, 0.2) is 63.8 Å². The molecule has 3 N–H and O–H groups in total. The number of carbonyl (C=O) groups is 1. The van der Waals surface area contributed by atoms with Gasteiger partial charge in [0.2, 0.25) is 11.3 Å². The van der Waals surface area contributed by atoms with Gasteiger partial charge in [-0.3, -0.25) is 20.4 Å². The molecule has 1 heterocycles. The molecule has 0 atom stereocenters. The molecule has 29 heavy (non-hydrogen) atoms. The number of anilines is 1. The lowest BCUT2D eigenvalue weighted by Crippen LogP contribution is -2.30. The predicted octanol–water partition coefficient (Wildman–Crippen LogP) is 3.95. The zero-order valence-electron chi connectivity index (χ0n) is 16.1. The van der Waals surface area contributed by atoms with Crippen LogP contribution in [0.25, 0.3) is 21.9 Å². The Morgan fingerprint density at radius 2 is 1.69 bits per heavy atom. The summed E-state index contributed by atoms with van der Waals surface area (Å²) < 4.78 is 6.12. The van der Waals surface area contributed by atoms with Crippen LogP contribution in [0.5, 0.6) is 5.75 Å². The Morgan fingerprint density at radius 1 is 0.966 bits per heavy atom. The molecule has 0 aliphatic carbocycles. The van der Waals surface area contributed by atoms with Crippen LogP contribution >= 0.6 is 0 Å². The van der Waals surface area contributed by atoms with Crippen molar-refractivity contribution in [2.75, 3.05) is 5.43 Å². The van der Waals surface area contributed by atoms with Gasteiger partial charge in [0.15, 0.2) is 0 Å². The number of fused-ring (bicyclic) bond motifs is 2. The van der Waals surface area contributed by atoms with Crippen LogP contribution < -0.4 is 16.3 Å². The van der Waals surface area contributed by atoms with Crippen LogP contribution in [0, 0.1) is 13.8 Å². The Bertz CT molecular complexity index is 1290. The van der Waals surface area contributed by atoms with E-state index in [1.54, 1.807) is 36.4 Å². The van der Waals surface area contributed by atoms with E-state index in [4.69, 9.17) is 4.42 Å². The van der Waals surface area contributed by atoms with Crippen molar-refractivity contribution in [2.24, 2.45) is 0 Å². The Hall–Kier alpha value is -3.80. The zero-order valence-corrected chi connectivity index (χ0v) is 16.1. The molecule has 3 aromatic carbocycles. The van der Waals surface area contributed by atoms with E-state index in [2.05, 4.69) is 10.9 Å². The monoisotopic (exact) mass is 388 g/mol. The molecule has 0 radical (unpaired) electrons. The Balaban J connectivity index is 1.66. The number of para-hydroxylation sites is 1. The largest absolute Gasteiger partial charge is 0.508 e. The molecule has 0 fully saturated rings. The van der Waals surface area contributed by atoms with E-state index < -0.39 is 0 Å². The van der Waals surface area contributed by atoms with Gasteiger partial charge in [-0.15, -0.1) is 0 Å². The average Bonchev–Trinajstić information content (AvgIpc) is 2.71. The first-order valence-electron chi connectivity index (χ1n) is 9.22. The van der Waals surface area contributed by atoms with Gasteiger partial charge in [0.1, 0.15) is 16.9 Å². The van der Waals surface area contributed by atoms with Crippen molar-refractivity contribution in [2.45, 2.75) is 20.3 Å². The van der Waals surface area contributed by atoms with E-state index in [1.807, 2.05) is 19.9 Å². The third kappa shape index (κ3) is 3.52. The molecule has 0 bridgehead atoms. The lowest BCUT2D eigenvalue weighted by Gasteiger charge is -2.11.